The highest BCUT2D eigenvalue weighted by Gasteiger charge is 2.07. The molecule has 78 valence electrons. The largest absolute Gasteiger partial charge is 0.494 e. The van der Waals surface area contributed by atoms with Crippen LogP contribution in [0, 0.1) is 13.8 Å². The molecule has 1 rings (SSSR count). The number of nitrogens with two attached hydrogens (primary N) is 1. The maximum absolute atomic E-state index is 5.87. The van der Waals surface area contributed by atoms with Crippen LogP contribution >= 0.6 is 0 Å². The number of hydrogen-bond donors (Lipinski definition) is 1. The van der Waals surface area contributed by atoms with E-state index in [1.54, 1.807) is 0 Å². The van der Waals surface area contributed by atoms with Crippen molar-refractivity contribution in [3.8, 4) is 5.75 Å². The average molecular weight is 193 g/mol. The minimum atomic E-state index is 0.0874. The summed E-state index contributed by atoms with van der Waals surface area (Å²) < 4.78 is 5.51. The Labute approximate surface area is 86.1 Å². The summed E-state index contributed by atoms with van der Waals surface area (Å²) in [5.74, 6) is 0.967. The monoisotopic (exact) mass is 193 g/mol. The van der Waals surface area contributed by atoms with Gasteiger partial charge in [0.05, 0.1) is 6.61 Å². The molecule has 0 saturated heterocycles. The Bertz CT molecular complexity index is 318. The first-order chi connectivity index (χ1) is 6.56. The molecule has 0 amide bonds. The van der Waals surface area contributed by atoms with Gasteiger partial charge >= 0.3 is 0 Å². The predicted octanol–water partition coefficient (Wildman–Crippen LogP) is 2.72. The van der Waals surface area contributed by atoms with Crippen molar-refractivity contribution in [3.63, 3.8) is 0 Å². The van der Waals surface area contributed by atoms with Crippen LogP contribution in [0.4, 0.5) is 0 Å². The van der Waals surface area contributed by atoms with E-state index >= 15 is 0 Å². The second kappa shape index (κ2) is 4.47. The molecule has 0 aliphatic heterocycles. The molecule has 1 unspecified atom stereocenters. The fraction of sp³-hybridized carbons (Fsp3) is 0.500. The fourth-order valence-corrected chi connectivity index (χ4v) is 1.61. The van der Waals surface area contributed by atoms with Crippen LogP contribution in [0.1, 0.15) is 36.6 Å². The van der Waals surface area contributed by atoms with Crippen molar-refractivity contribution >= 4 is 0 Å². The highest BCUT2D eigenvalue weighted by atomic mass is 16.5. The van der Waals surface area contributed by atoms with E-state index in [1.807, 2.05) is 13.8 Å². The van der Waals surface area contributed by atoms with Gasteiger partial charge in [0.2, 0.25) is 0 Å². The number of ether oxygens (including phenoxy) is 1. The van der Waals surface area contributed by atoms with Gasteiger partial charge < -0.3 is 10.5 Å². The number of benzene rings is 1. The van der Waals surface area contributed by atoms with Gasteiger partial charge in [0.25, 0.3) is 0 Å². The van der Waals surface area contributed by atoms with E-state index in [2.05, 4.69) is 26.0 Å². The van der Waals surface area contributed by atoms with Crippen LogP contribution in [-0.4, -0.2) is 6.61 Å². The zero-order valence-electron chi connectivity index (χ0n) is 9.42. The lowest BCUT2D eigenvalue weighted by Crippen LogP contribution is -2.08. The molecule has 1 aromatic rings. The molecule has 14 heavy (non-hydrogen) atoms. The average Bonchev–Trinajstić information content (AvgIpc) is 2.10. The van der Waals surface area contributed by atoms with Gasteiger partial charge in [-0.05, 0) is 50.5 Å². The van der Waals surface area contributed by atoms with Crippen LogP contribution in [0.2, 0.25) is 0 Å². The molecule has 0 radical (unpaired) electrons. The highest BCUT2D eigenvalue weighted by Crippen LogP contribution is 2.25. The normalized spacial score (nSPS) is 12.6. The molecule has 0 spiro atoms. The second-order valence-corrected chi connectivity index (χ2v) is 3.70. The summed E-state index contributed by atoms with van der Waals surface area (Å²) in [6.07, 6.45) is 0. The van der Waals surface area contributed by atoms with E-state index in [9.17, 15) is 0 Å². The van der Waals surface area contributed by atoms with Crippen molar-refractivity contribution < 1.29 is 4.74 Å². The van der Waals surface area contributed by atoms with E-state index < -0.39 is 0 Å². The highest BCUT2D eigenvalue weighted by molar-refractivity contribution is 5.42. The smallest absolute Gasteiger partial charge is 0.122 e. The quantitative estimate of drug-likeness (QED) is 0.801. The van der Waals surface area contributed by atoms with Crippen molar-refractivity contribution in [2.75, 3.05) is 6.61 Å². The molecule has 0 aliphatic carbocycles. The molecular weight excluding hydrogens is 174 g/mol. The maximum atomic E-state index is 5.87. The molecule has 0 fully saturated rings. The van der Waals surface area contributed by atoms with Crippen LogP contribution in [0.3, 0.4) is 0 Å². The Morgan fingerprint density at radius 2 is 1.93 bits per heavy atom. The molecule has 2 nitrogen and oxygen atoms in total. The first-order valence-electron chi connectivity index (χ1n) is 5.05. The first-order valence-corrected chi connectivity index (χ1v) is 5.05. The maximum Gasteiger partial charge on any atom is 0.122 e. The number of hydrogen-bond acceptors (Lipinski definition) is 2. The lowest BCUT2D eigenvalue weighted by molar-refractivity contribution is 0.337. The number of rotatable bonds is 3. The van der Waals surface area contributed by atoms with Crippen LogP contribution < -0.4 is 10.5 Å². The van der Waals surface area contributed by atoms with E-state index in [4.69, 9.17) is 10.5 Å². The summed E-state index contributed by atoms with van der Waals surface area (Å²) in [7, 11) is 0. The summed E-state index contributed by atoms with van der Waals surface area (Å²) in [4.78, 5) is 0. The zero-order chi connectivity index (χ0) is 10.7. The van der Waals surface area contributed by atoms with E-state index in [-0.39, 0.29) is 6.04 Å². The van der Waals surface area contributed by atoms with Crippen molar-refractivity contribution in [3.05, 3.63) is 28.8 Å². The molecule has 0 bridgehead atoms. The summed E-state index contributed by atoms with van der Waals surface area (Å²) in [5.41, 5.74) is 9.43. The molecule has 1 aromatic carbocycles. The summed E-state index contributed by atoms with van der Waals surface area (Å²) in [6, 6.07) is 4.27. The van der Waals surface area contributed by atoms with Crippen molar-refractivity contribution in [2.45, 2.75) is 33.7 Å². The van der Waals surface area contributed by atoms with Crippen molar-refractivity contribution in [1.82, 2.24) is 0 Å². The summed E-state index contributed by atoms with van der Waals surface area (Å²) in [6.45, 7) is 8.82. The third-order valence-electron chi connectivity index (χ3n) is 2.35. The van der Waals surface area contributed by atoms with Crippen LogP contribution in [0.5, 0.6) is 5.75 Å². The number of aryl methyl sites for hydroxylation is 2. The Morgan fingerprint density at radius 1 is 1.29 bits per heavy atom. The zero-order valence-corrected chi connectivity index (χ0v) is 9.42. The molecule has 0 heterocycles. The Morgan fingerprint density at radius 3 is 2.43 bits per heavy atom. The molecule has 0 saturated carbocycles. The topological polar surface area (TPSA) is 35.2 Å². The van der Waals surface area contributed by atoms with Crippen molar-refractivity contribution in [2.24, 2.45) is 5.73 Å². The standard InChI is InChI=1S/C12H19NO/c1-5-14-12-7-8(2)11(10(4)13)6-9(12)3/h6-7,10H,5,13H2,1-4H3. The van der Waals surface area contributed by atoms with Gasteiger partial charge in [-0.25, -0.2) is 0 Å². The van der Waals surface area contributed by atoms with Gasteiger partial charge in [-0.1, -0.05) is 6.07 Å². The predicted molar refractivity (Wildman–Crippen MR) is 59.7 cm³/mol. The van der Waals surface area contributed by atoms with Gasteiger partial charge in [-0.15, -0.1) is 0 Å². The van der Waals surface area contributed by atoms with Gasteiger partial charge in [0, 0.05) is 6.04 Å². The van der Waals surface area contributed by atoms with E-state index in [1.165, 1.54) is 11.1 Å². The SMILES string of the molecule is CCOc1cc(C)c(C(C)N)cc1C. The molecule has 0 aromatic heterocycles. The van der Waals surface area contributed by atoms with Crippen LogP contribution in [0.25, 0.3) is 0 Å². The lowest BCUT2D eigenvalue weighted by Gasteiger charge is -2.14. The third-order valence-corrected chi connectivity index (χ3v) is 2.35. The Balaban J connectivity index is 3.10. The van der Waals surface area contributed by atoms with Crippen LogP contribution in [0.15, 0.2) is 12.1 Å². The van der Waals surface area contributed by atoms with Crippen molar-refractivity contribution in [1.29, 1.82) is 0 Å². The Kier molecular flexibility index (Phi) is 3.53. The summed E-state index contributed by atoms with van der Waals surface area (Å²) in [5, 5.41) is 0. The minimum Gasteiger partial charge on any atom is -0.494 e. The molecular formula is C12H19NO. The second-order valence-electron chi connectivity index (χ2n) is 3.70. The van der Waals surface area contributed by atoms with Gasteiger partial charge in [0.15, 0.2) is 0 Å². The molecule has 2 N–H and O–H groups in total. The van der Waals surface area contributed by atoms with Gasteiger partial charge in [-0.3, -0.25) is 0 Å². The fourth-order valence-electron chi connectivity index (χ4n) is 1.61. The molecule has 2 heteroatoms. The third kappa shape index (κ3) is 2.26. The Hall–Kier alpha value is -1.02. The lowest BCUT2D eigenvalue weighted by atomic mass is 10.00. The minimum absolute atomic E-state index is 0.0874. The van der Waals surface area contributed by atoms with Crippen LogP contribution in [-0.2, 0) is 0 Å². The first kappa shape index (κ1) is 11.1. The molecule has 1 atom stereocenters. The van der Waals surface area contributed by atoms with Gasteiger partial charge in [-0.2, -0.15) is 0 Å². The van der Waals surface area contributed by atoms with E-state index in [0.717, 1.165) is 11.3 Å². The van der Waals surface area contributed by atoms with E-state index in [0.29, 0.717) is 6.61 Å². The molecule has 0 aliphatic rings. The summed E-state index contributed by atoms with van der Waals surface area (Å²) >= 11 is 0. The van der Waals surface area contributed by atoms with Gasteiger partial charge in [0.1, 0.15) is 5.75 Å².